The van der Waals surface area contributed by atoms with Crippen LogP contribution in [0, 0.1) is 13.8 Å². The van der Waals surface area contributed by atoms with Crippen LogP contribution in [-0.2, 0) is 6.54 Å². The summed E-state index contributed by atoms with van der Waals surface area (Å²) in [7, 11) is 2.17. The predicted octanol–water partition coefficient (Wildman–Crippen LogP) is 3.22. The highest BCUT2D eigenvalue weighted by molar-refractivity contribution is 5.09. The number of likely N-dealkylation sites (N-methyl/N-ethyl adjacent to an activating group) is 1. The maximum Gasteiger partial charge on any atom is 0.107 e. The van der Waals surface area contributed by atoms with E-state index in [0.717, 1.165) is 43.4 Å². The van der Waals surface area contributed by atoms with E-state index in [-0.39, 0.29) is 0 Å². The van der Waals surface area contributed by atoms with E-state index in [1.807, 2.05) is 32.3 Å². The van der Waals surface area contributed by atoms with Crippen LogP contribution in [0.2, 0.25) is 0 Å². The summed E-state index contributed by atoms with van der Waals surface area (Å²) in [6.45, 7) is 9.38. The minimum Gasteiger partial charge on any atom is -0.466 e. The van der Waals surface area contributed by atoms with E-state index in [4.69, 9.17) is 4.42 Å². The van der Waals surface area contributed by atoms with Gasteiger partial charge in [-0.05, 0) is 46.0 Å². The monoisotopic (exact) mass is 275 g/mol. The first-order valence-electron chi connectivity index (χ1n) is 7.29. The molecule has 0 aliphatic heterocycles. The second kappa shape index (κ2) is 6.75. The quantitative estimate of drug-likeness (QED) is 0.778. The minimum absolute atomic E-state index is 0.473. The van der Waals surface area contributed by atoms with E-state index in [1.54, 1.807) is 0 Å². The van der Waals surface area contributed by atoms with Gasteiger partial charge in [0.25, 0.3) is 0 Å². The van der Waals surface area contributed by atoms with Crippen molar-refractivity contribution < 1.29 is 4.42 Å². The van der Waals surface area contributed by atoms with Crippen LogP contribution in [-0.4, -0.2) is 34.6 Å². The standard InChI is InChI=1S/C16H25N3O/c1-13(16-6-5-14(2)20-16)7-9-18(4)11-12-19-10-8-17-15(19)3/h5-6,8,10,13H,7,9,11-12H2,1-4H3/t13-/m0/s1. The largest absolute Gasteiger partial charge is 0.466 e. The number of aromatic nitrogens is 2. The van der Waals surface area contributed by atoms with Crippen LogP contribution in [0.5, 0.6) is 0 Å². The van der Waals surface area contributed by atoms with Crippen LogP contribution in [0.4, 0.5) is 0 Å². The Bertz CT molecular complexity index is 529. The number of hydrogen-bond acceptors (Lipinski definition) is 3. The van der Waals surface area contributed by atoms with Gasteiger partial charge in [-0.2, -0.15) is 0 Å². The lowest BCUT2D eigenvalue weighted by atomic mass is 10.1. The zero-order valence-electron chi connectivity index (χ0n) is 13.0. The highest BCUT2D eigenvalue weighted by Gasteiger charge is 2.10. The summed E-state index contributed by atoms with van der Waals surface area (Å²) < 4.78 is 7.87. The van der Waals surface area contributed by atoms with E-state index in [2.05, 4.69) is 34.5 Å². The van der Waals surface area contributed by atoms with Crippen LogP contribution < -0.4 is 0 Å². The molecule has 2 aromatic heterocycles. The summed E-state index contributed by atoms with van der Waals surface area (Å²) in [5.41, 5.74) is 0. The van der Waals surface area contributed by atoms with Crippen LogP contribution >= 0.6 is 0 Å². The highest BCUT2D eigenvalue weighted by atomic mass is 16.3. The molecular weight excluding hydrogens is 250 g/mol. The highest BCUT2D eigenvalue weighted by Crippen LogP contribution is 2.21. The number of hydrogen-bond donors (Lipinski definition) is 0. The number of aryl methyl sites for hydroxylation is 2. The molecule has 0 unspecified atom stereocenters. The number of imidazole rings is 1. The Morgan fingerprint density at radius 3 is 2.70 bits per heavy atom. The van der Waals surface area contributed by atoms with Crippen molar-refractivity contribution in [3.63, 3.8) is 0 Å². The van der Waals surface area contributed by atoms with Gasteiger partial charge >= 0.3 is 0 Å². The van der Waals surface area contributed by atoms with Crippen molar-refractivity contribution in [2.75, 3.05) is 20.1 Å². The van der Waals surface area contributed by atoms with Crippen molar-refractivity contribution in [2.45, 2.75) is 39.7 Å². The Hall–Kier alpha value is -1.55. The third-order valence-corrected chi connectivity index (χ3v) is 3.84. The normalized spacial score (nSPS) is 13.1. The Kier molecular flexibility index (Phi) is 5.01. The molecule has 0 aliphatic carbocycles. The van der Waals surface area contributed by atoms with Crippen molar-refractivity contribution >= 4 is 0 Å². The first-order chi connectivity index (χ1) is 9.56. The molecule has 0 spiro atoms. The zero-order chi connectivity index (χ0) is 14.5. The molecule has 0 bridgehead atoms. The summed E-state index contributed by atoms with van der Waals surface area (Å²) >= 11 is 0. The van der Waals surface area contributed by atoms with Crippen molar-refractivity contribution in [3.8, 4) is 0 Å². The fourth-order valence-electron chi connectivity index (χ4n) is 2.30. The second-order valence-electron chi connectivity index (χ2n) is 5.61. The zero-order valence-corrected chi connectivity index (χ0v) is 13.0. The number of furan rings is 1. The topological polar surface area (TPSA) is 34.2 Å². The van der Waals surface area contributed by atoms with Gasteiger partial charge in [-0.25, -0.2) is 4.98 Å². The molecule has 0 aromatic carbocycles. The molecule has 4 nitrogen and oxygen atoms in total. The Morgan fingerprint density at radius 2 is 2.10 bits per heavy atom. The van der Waals surface area contributed by atoms with Crippen LogP contribution in [0.25, 0.3) is 0 Å². The van der Waals surface area contributed by atoms with Gasteiger partial charge in [-0.1, -0.05) is 6.92 Å². The maximum absolute atomic E-state index is 5.68. The van der Waals surface area contributed by atoms with E-state index < -0.39 is 0 Å². The van der Waals surface area contributed by atoms with Gasteiger partial charge in [0, 0.05) is 31.4 Å². The predicted molar refractivity (Wildman–Crippen MR) is 80.9 cm³/mol. The Morgan fingerprint density at radius 1 is 1.30 bits per heavy atom. The Balaban J connectivity index is 1.72. The number of nitrogens with zero attached hydrogens (tertiary/aromatic N) is 3. The van der Waals surface area contributed by atoms with Gasteiger partial charge in [0.05, 0.1) is 0 Å². The van der Waals surface area contributed by atoms with E-state index in [0.29, 0.717) is 5.92 Å². The average Bonchev–Trinajstić information content (AvgIpc) is 3.02. The first-order valence-corrected chi connectivity index (χ1v) is 7.29. The molecule has 0 amide bonds. The lowest BCUT2D eigenvalue weighted by Crippen LogP contribution is -2.25. The fraction of sp³-hybridized carbons (Fsp3) is 0.562. The third-order valence-electron chi connectivity index (χ3n) is 3.84. The molecule has 0 fully saturated rings. The summed E-state index contributed by atoms with van der Waals surface area (Å²) in [4.78, 5) is 6.61. The van der Waals surface area contributed by atoms with E-state index >= 15 is 0 Å². The van der Waals surface area contributed by atoms with Crippen LogP contribution in [0.1, 0.15) is 36.6 Å². The Labute approximate surface area is 121 Å². The van der Waals surface area contributed by atoms with Gasteiger partial charge in [-0.3, -0.25) is 0 Å². The van der Waals surface area contributed by atoms with Gasteiger partial charge < -0.3 is 13.9 Å². The van der Waals surface area contributed by atoms with Crippen molar-refractivity contribution in [1.82, 2.24) is 14.5 Å². The third kappa shape index (κ3) is 3.97. The lowest BCUT2D eigenvalue weighted by Gasteiger charge is -2.19. The van der Waals surface area contributed by atoms with E-state index in [9.17, 15) is 0 Å². The second-order valence-corrected chi connectivity index (χ2v) is 5.61. The molecule has 2 aromatic rings. The van der Waals surface area contributed by atoms with Gasteiger partial charge in [-0.15, -0.1) is 0 Å². The van der Waals surface area contributed by atoms with E-state index in [1.165, 1.54) is 0 Å². The van der Waals surface area contributed by atoms with Crippen molar-refractivity contribution in [3.05, 3.63) is 41.9 Å². The molecule has 0 saturated heterocycles. The smallest absolute Gasteiger partial charge is 0.107 e. The van der Waals surface area contributed by atoms with Gasteiger partial charge in [0.15, 0.2) is 0 Å². The van der Waals surface area contributed by atoms with Crippen molar-refractivity contribution in [1.29, 1.82) is 0 Å². The molecule has 0 radical (unpaired) electrons. The molecule has 0 N–H and O–H groups in total. The first kappa shape index (κ1) is 14.9. The van der Waals surface area contributed by atoms with Crippen molar-refractivity contribution in [2.24, 2.45) is 0 Å². The minimum atomic E-state index is 0.473. The molecule has 0 saturated carbocycles. The summed E-state index contributed by atoms with van der Waals surface area (Å²) in [6, 6.07) is 4.13. The lowest BCUT2D eigenvalue weighted by molar-refractivity contribution is 0.298. The molecule has 20 heavy (non-hydrogen) atoms. The molecule has 4 heteroatoms. The molecule has 0 aliphatic rings. The maximum atomic E-state index is 5.68. The van der Waals surface area contributed by atoms with Crippen LogP contribution in [0.3, 0.4) is 0 Å². The molecular formula is C16H25N3O. The van der Waals surface area contributed by atoms with Gasteiger partial charge in [0.2, 0.25) is 0 Å². The van der Waals surface area contributed by atoms with Gasteiger partial charge in [0.1, 0.15) is 17.3 Å². The summed E-state index contributed by atoms with van der Waals surface area (Å²) in [5.74, 6) is 3.65. The fourth-order valence-corrected chi connectivity index (χ4v) is 2.30. The SMILES string of the molecule is Cc1ccc([C@@H](C)CCN(C)CCn2ccnc2C)o1. The molecule has 1 atom stereocenters. The van der Waals surface area contributed by atoms with Crippen LogP contribution in [0.15, 0.2) is 28.9 Å². The number of rotatable bonds is 7. The summed E-state index contributed by atoms with van der Waals surface area (Å²) in [5, 5.41) is 0. The average molecular weight is 275 g/mol. The molecule has 110 valence electrons. The summed E-state index contributed by atoms with van der Waals surface area (Å²) in [6.07, 6.45) is 5.01. The molecule has 2 rings (SSSR count). The molecule has 2 heterocycles.